The van der Waals surface area contributed by atoms with E-state index in [2.05, 4.69) is 5.32 Å². The quantitative estimate of drug-likeness (QED) is 0.799. The highest BCUT2D eigenvalue weighted by Gasteiger charge is 2.17. The second-order valence-electron chi connectivity index (χ2n) is 3.89. The average molecular weight is 244 g/mol. The predicted molar refractivity (Wildman–Crippen MR) is 62.6 cm³/mol. The highest BCUT2D eigenvalue weighted by atomic mass is 19.2. The summed E-state index contributed by atoms with van der Waals surface area (Å²) in [5, 5.41) is 3.05. The van der Waals surface area contributed by atoms with Gasteiger partial charge in [-0.05, 0) is 13.0 Å². The van der Waals surface area contributed by atoms with Gasteiger partial charge in [-0.25, -0.2) is 8.78 Å². The predicted octanol–water partition coefficient (Wildman–Crippen LogP) is 1.59. The van der Waals surface area contributed by atoms with Crippen LogP contribution >= 0.6 is 0 Å². The number of methoxy groups -OCH3 is 1. The lowest BCUT2D eigenvalue weighted by Crippen LogP contribution is -2.34. The third kappa shape index (κ3) is 3.73. The Morgan fingerprint density at radius 1 is 1.41 bits per heavy atom. The molecule has 0 heterocycles. The van der Waals surface area contributed by atoms with Crippen molar-refractivity contribution in [1.29, 1.82) is 0 Å². The highest BCUT2D eigenvalue weighted by Crippen LogP contribution is 2.18. The summed E-state index contributed by atoms with van der Waals surface area (Å²) >= 11 is 0. The van der Waals surface area contributed by atoms with Gasteiger partial charge >= 0.3 is 0 Å². The largest absolute Gasteiger partial charge is 0.380 e. The van der Waals surface area contributed by atoms with Gasteiger partial charge in [0, 0.05) is 31.8 Å². The normalized spacial score (nSPS) is 14.6. The molecule has 5 heteroatoms. The van der Waals surface area contributed by atoms with E-state index < -0.39 is 17.7 Å². The van der Waals surface area contributed by atoms with Crippen molar-refractivity contribution in [3.8, 4) is 0 Å². The summed E-state index contributed by atoms with van der Waals surface area (Å²) in [4.78, 5) is 0. The molecule has 1 aromatic carbocycles. The minimum atomic E-state index is -0.859. The minimum Gasteiger partial charge on any atom is -0.380 e. The molecule has 1 rings (SSSR count). The summed E-state index contributed by atoms with van der Waals surface area (Å²) in [6.07, 6.45) is -0.0133. The van der Waals surface area contributed by atoms with E-state index in [0.29, 0.717) is 6.54 Å². The molecule has 1 aromatic rings. The molecule has 0 saturated heterocycles. The first kappa shape index (κ1) is 14.0. The fourth-order valence-electron chi connectivity index (χ4n) is 1.50. The molecule has 2 atom stereocenters. The third-order valence-corrected chi connectivity index (χ3v) is 2.65. The van der Waals surface area contributed by atoms with Crippen molar-refractivity contribution in [3.63, 3.8) is 0 Å². The second kappa shape index (κ2) is 6.64. The van der Waals surface area contributed by atoms with Crippen LogP contribution in [-0.2, 0) is 4.74 Å². The van der Waals surface area contributed by atoms with Crippen molar-refractivity contribution in [2.24, 2.45) is 5.73 Å². The fraction of sp³-hybridized carbons (Fsp3) is 0.500. The summed E-state index contributed by atoms with van der Waals surface area (Å²) in [6.45, 7) is 2.59. The fourth-order valence-corrected chi connectivity index (χ4v) is 1.50. The van der Waals surface area contributed by atoms with Gasteiger partial charge in [-0.1, -0.05) is 12.1 Å². The van der Waals surface area contributed by atoms with Crippen molar-refractivity contribution < 1.29 is 13.5 Å². The van der Waals surface area contributed by atoms with E-state index in [-0.39, 0.29) is 18.2 Å². The van der Waals surface area contributed by atoms with Crippen molar-refractivity contribution in [2.75, 3.05) is 20.2 Å². The van der Waals surface area contributed by atoms with E-state index in [9.17, 15) is 8.78 Å². The monoisotopic (exact) mass is 244 g/mol. The Balaban J connectivity index is 2.76. The van der Waals surface area contributed by atoms with Crippen LogP contribution in [0.15, 0.2) is 18.2 Å². The molecule has 0 fully saturated rings. The van der Waals surface area contributed by atoms with Gasteiger partial charge in [-0.15, -0.1) is 0 Å². The molecule has 0 aliphatic carbocycles. The first-order chi connectivity index (χ1) is 8.10. The molecule has 96 valence electrons. The minimum absolute atomic E-state index is 0.0133. The van der Waals surface area contributed by atoms with Crippen molar-refractivity contribution in [2.45, 2.75) is 19.1 Å². The van der Waals surface area contributed by atoms with Gasteiger partial charge in [0.1, 0.15) is 0 Å². The Bertz CT molecular complexity index is 360. The second-order valence-corrected chi connectivity index (χ2v) is 3.89. The Morgan fingerprint density at radius 3 is 2.71 bits per heavy atom. The smallest absolute Gasteiger partial charge is 0.163 e. The number of nitrogens with one attached hydrogen (secondary N) is 1. The first-order valence-corrected chi connectivity index (χ1v) is 5.50. The third-order valence-electron chi connectivity index (χ3n) is 2.65. The van der Waals surface area contributed by atoms with Crippen molar-refractivity contribution in [3.05, 3.63) is 35.4 Å². The molecule has 3 N–H and O–H groups in total. The number of nitrogens with two attached hydrogens (primary N) is 1. The van der Waals surface area contributed by atoms with E-state index in [1.807, 2.05) is 6.92 Å². The average Bonchev–Trinajstić information content (AvgIpc) is 2.34. The van der Waals surface area contributed by atoms with Crippen LogP contribution in [0.3, 0.4) is 0 Å². The standard InChI is InChI=1S/C12H18F2N2O/c1-8(17-2)7-16-11(6-15)9-4-3-5-10(13)12(9)14/h3-5,8,11,16H,6-7,15H2,1-2H3. The number of halogens is 2. The van der Waals surface area contributed by atoms with Crippen LogP contribution < -0.4 is 11.1 Å². The lowest BCUT2D eigenvalue weighted by molar-refractivity contribution is 0.114. The summed E-state index contributed by atoms with van der Waals surface area (Å²) in [5.74, 6) is -1.71. The van der Waals surface area contributed by atoms with Crippen molar-refractivity contribution in [1.82, 2.24) is 5.32 Å². The molecule has 0 aliphatic rings. The molecule has 2 unspecified atom stereocenters. The highest BCUT2D eigenvalue weighted by molar-refractivity contribution is 5.22. The number of hydrogen-bond acceptors (Lipinski definition) is 3. The maximum Gasteiger partial charge on any atom is 0.163 e. The molecule has 0 aromatic heterocycles. The Hall–Kier alpha value is -1.04. The number of rotatable bonds is 6. The van der Waals surface area contributed by atoms with Crippen LogP contribution in [-0.4, -0.2) is 26.3 Å². The zero-order valence-corrected chi connectivity index (χ0v) is 10.0. The van der Waals surface area contributed by atoms with Gasteiger partial charge in [-0.2, -0.15) is 0 Å². The van der Waals surface area contributed by atoms with Crippen LogP contribution in [0.1, 0.15) is 18.5 Å². The summed E-state index contributed by atoms with van der Waals surface area (Å²) in [6, 6.07) is 3.67. The molecule has 17 heavy (non-hydrogen) atoms. The molecule has 0 amide bonds. The van der Waals surface area contributed by atoms with Crippen LogP contribution in [0.2, 0.25) is 0 Å². The molecule has 0 spiro atoms. The van der Waals surface area contributed by atoms with E-state index in [0.717, 1.165) is 6.07 Å². The van der Waals surface area contributed by atoms with Crippen LogP contribution in [0.5, 0.6) is 0 Å². The van der Waals surface area contributed by atoms with Crippen molar-refractivity contribution >= 4 is 0 Å². The lowest BCUT2D eigenvalue weighted by atomic mass is 10.1. The van der Waals surface area contributed by atoms with Gasteiger partial charge in [0.2, 0.25) is 0 Å². The van der Waals surface area contributed by atoms with Crippen LogP contribution in [0.25, 0.3) is 0 Å². The molecule has 3 nitrogen and oxygen atoms in total. The van der Waals surface area contributed by atoms with E-state index in [1.54, 1.807) is 7.11 Å². The molecular weight excluding hydrogens is 226 g/mol. The molecule has 0 bridgehead atoms. The van der Waals surface area contributed by atoms with Gasteiger partial charge in [-0.3, -0.25) is 0 Å². The molecule has 0 saturated carbocycles. The SMILES string of the molecule is COC(C)CNC(CN)c1cccc(F)c1F. The van der Waals surface area contributed by atoms with Gasteiger partial charge in [0.05, 0.1) is 6.10 Å². The van der Waals surface area contributed by atoms with E-state index >= 15 is 0 Å². The first-order valence-electron chi connectivity index (χ1n) is 5.50. The molecular formula is C12H18F2N2O. The van der Waals surface area contributed by atoms with Gasteiger partial charge < -0.3 is 15.8 Å². The maximum atomic E-state index is 13.5. The Morgan fingerprint density at radius 2 is 2.12 bits per heavy atom. The van der Waals surface area contributed by atoms with Gasteiger partial charge in [0.25, 0.3) is 0 Å². The number of hydrogen-bond donors (Lipinski definition) is 2. The zero-order valence-electron chi connectivity index (χ0n) is 10.0. The van der Waals surface area contributed by atoms with Crippen LogP contribution in [0.4, 0.5) is 8.78 Å². The molecule has 0 radical (unpaired) electrons. The topological polar surface area (TPSA) is 47.3 Å². The Labute approximate surface area is 100.0 Å². The van der Waals surface area contributed by atoms with Gasteiger partial charge in [0.15, 0.2) is 11.6 Å². The molecule has 0 aliphatic heterocycles. The maximum absolute atomic E-state index is 13.5. The lowest BCUT2D eigenvalue weighted by Gasteiger charge is -2.20. The number of benzene rings is 1. The Kier molecular flexibility index (Phi) is 5.47. The summed E-state index contributed by atoms with van der Waals surface area (Å²) in [7, 11) is 1.59. The van der Waals surface area contributed by atoms with Crippen LogP contribution in [0, 0.1) is 11.6 Å². The number of ether oxygens (including phenoxy) is 1. The van der Waals surface area contributed by atoms with E-state index in [1.165, 1.54) is 12.1 Å². The summed E-state index contributed by atoms with van der Waals surface area (Å²) < 4.78 is 31.7. The van der Waals surface area contributed by atoms with E-state index in [4.69, 9.17) is 10.5 Å². The zero-order chi connectivity index (χ0) is 12.8. The summed E-state index contributed by atoms with van der Waals surface area (Å²) in [5.41, 5.74) is 5.81.